The van der Waals surface area contributed by atoms with E-state index < -0.39 is 11.7 Å². The first kappa shape index (κ1) is 17.9. The van der Waals surface area contributed by atoms with Crippen LogP contribution in [0.3, 0.4) is 0 Å². The van der Waals surface area contributed by atoms with Gasteiger partial charge in [-0.1, -0.05) is 6.07 Å². The number of anilines is 1. The van der Waals surface area contributed by atoms with Crippen molar-refractivity contribution in [2.24, 2.45) is 7.05 Å². The van der Waals surface area contributed by atoms with Crippen molar-refractivity contribution in [3.05, 3.63) is 87.2 Å². The van der Waals surface area contributed by atoms with Crippen molar-refractivity contribution in [2.75, 3.05) is 5.32 Å². The smallest absolute Gasteiger partial charge is 0.277 e. The van der Waals surface area contributed by atoms with E-state index in [9.17, 15) is 14.0 Å². The number of nitrogens with one attached hydrogen (secondary N) is 1. The number of aryl methyl sites for hydroxylation is 1. The van der Waals surface area contributed by atoms with E-state index in [0.29, 0.717) is 16.9 Å². The van der Waals surface area contributed by atoms with E-state index in [2.05, 4.69) is 15.4 Å². The molecule has 0 atom stereocenters. The fourth-order valence-electron chi connectivity index (χ4n) is 2.41. The number of nitriles is 1. The molecule has 1 aromatic carbocycles. The average Bonchev–Trinajstić information content (AvgIpc) is 2.67. The molecule has 3 rings (SSSR count). The Kier molecular flexibility index (Phi) is 5.04. The van der Waals surface area contributed by atoms with Gasteiger partial charge in [-0.25, -0.2) is 14.1 Å². The molecular weight excluding hydrogens is 349 g/mol. The van der Waals surface area contributed by atoms with E-state index in [4.69, 9.17) is 5.26 Å². The maximum Gasteiger partial charge on any atom is 0.277 e. The highest BCUT2D eigenvalue weighted by atomic mass is 19.1. The van der Waals surface area contributed by atoms with E-state index in [1.165, 1.54) is 43.6 Å². The Morgan fingerprint density at radius 2 is 2.07 bits per heavy atom. The maximum atomic E-state index is 13.9. The maximum absolute atomic E-state index is 13.9. The van der Waals surface area contributed by atoms with Gasteiger partial charge in [0.1, 0.15) is 17.3 Å². The third-order valence-electron chi connectivity index (χ3n) is 3.83. The number of aromatic nitrogens is 3. The van der Waals surface area contributed by atoms with Gasteiger partial charge in [-0.15, -0.1) is 0 Å². The molecule has 0 aliphatic rings. The number of nitrogens with zero attached hydrogens (tertiary/aromatic N) is 4. The van der Waals surface area contributed by atoms with Crippen LogP contribution in [0, 0.1) is 17.1 Å². The van der Waals surface area contributed by atoms with E-state index in [1.54, 1.807) is 12.1 Å². The number of hydrogen-bond donors (Lipinski definition) is 1. The van der Waals surface area contributed by atoms with Crippen molar-refractivity contribution < 1.29 is 9.18 Å². The quantitative estimate of drug-likeness (QED) is 0.764. The van der Waals surface area contributed by atoms with Crippen LogP contribution in [0.2, 0.25) is 0 Å². The Hall–Kier alpha value is -3.86. The highest BCUT2D eigenvalue weighted by Gasteiger charge is 2.10. The Morgan fingerprint density at radius 1 is 1.26 bits per heavy atom. The second kappa shape index (κ2) is 7.58. The molecule has 0 radical (unpaired) electrons. The van der Waals surface area contributed by atoms with Gasteiger partial charge in [-0.3, -0.25) is 9.59 Å². The number of hydrogen-bond acceptors (Lipinski definition) is 5. The molecule has 0 fully saturated rings. The number of amides is 1. The highest BCUT2D eigenvalue weighted by molar-refractivity contribution is 6.02. The third kappa shape index (κ3) is 4.22. The summed E-state index contributed by atoms with van der Waals surface area (Å²) in [5.41, 5.74) is 1.26. The van der Waals surface area contributed by atoms with Gasteiger partial charge >= 0.3 is 0 Å². The third-order valence-corrected chi connectivity index (χ3v) is 3.83. The lowest BCUT2D eigenvalue weighted by Gasteiger charge is -2.07. The number of benzene rings is 1. The number of rotatable bonds is 4. The normalized spacial score (nSPS) is 10.3. The van der Waals surface area contributed by atoms with Crippen LogP contribution in [-0.2, 0) is 13.5 Å². The SMILES string of the molecule is Cn1nc(C(=O)Nc2ccc(Cc3cc(C#N)ccc3F)cn2)ccc1=O. The molecule has 3 aromatic rings. The van der Waals surface area contributed by atoms with Gasteiger partial charge in [-0.05, 0) is 41.5 Å². The second-order valence-corrected chi connectivity index (χ2v) is 5.78. The van der Waals surface area contributed by atoms with Crippen LogP contribution < -0.4 is 10.9 Å². The lowest BCUT2D eigenvalue weighted by atomic mass is 10.0. The summed E-state index contributed by atoms with van der Waals surface area (Å²) in [5, 5.41) is 15.4. The summed E-state index contributed by atoms with van der Waals surface area (Å²) in [6, 6.07) is 12.0. The monoisotopic (exact) mass is 363 g/mol. The Balaban J connectivity index is 1.72. The van der Waals surface area contributed by atoms with Gasteiger partial charge in [0.2, 0.25) is 0 Å². The molecule has 0 unspecified atom stereocenters. The van der Waals surface area contributed by atoms with E-state index in [1.807, 2.05) is 6.07 Å². The second-order valence-electron chi connectivity index (χ2n) is 5.78. The van der Waals surface area contributed by atoms with Gasteiger partial charge in [0.25, 0.3) is 11.5 Å². The lowest BCUT2D eigenvalue weighted by molar-refractivity contribution is 0.101. The highest BCUT2D eigenvalue weighted by Crippen LogP contribution is 2.16. The van der Waals surface area contributed by atoms with Crippen LogP contribution in [0.1, 0.15) is 27.2 Å². The molecule has 0 bridgehead atoms. The number of pyridine rings is 1. The predicted octanol–water partition coefficient (Wildman–Crippen LogP) is 2.03. The molecule has 2 aromatic heterocycles. The van der Waals surface area contributed by atoms with Crippen LogP contribution in [0.4, 0.5) is 10.2 Å². The van der Waals surface area contributed by atoms with Crippen LogP contribution >= 0.6 is 0 Å². The Labute approximate surface area is 153 Å². The molecule has 1 N–H and O–H groups in total. The standard InChI is InChI=1S/C19H14FN5O2/c1-25-18(26)7-5-16(24-25)19(27)23-17-6-3-13(11-22-17)9-14-8-12(10-21)2-4-15(14)20/h2-8,11H,9H2,1H3,(H,22,23,27). The fourth-order valence-corrected chi connectivity index (χ4v) is 2.41. The fraction of sp³-hybridized carbons (Fsp3) is 0.105. The molecule has 1 amide bonds. The van der Waals surface area contributed by atoms with E-state index in [-0.39, 0.29) is 17.7 Å². The number of carbonyl (C=O) groups is 1. The molecule has 7 nitrogen and oxygen atoms in total. The number of halogens is 1. The van der Waals surface area contributed by atoms with Crippen LogP contribution in [0.15, 0.2) is 53.5 Å². The first-order valence-electron chi connectivity index (χ1n) is 7.95. The molecule has 27 heavy (non-hydrogen) atoms. The molecule has 134 valence electrons. The summed E-state index contributed by atoms with van der Waals surface area (Å²) < 4.78 is 14.9. The zero-order chi connectivity index (χ0) is 19.4. The summed E-state index contributed by atoms with van der Waals surface area (Å²) >= 11 is 0. The molecule has 0 saturated heterocycles. The van der Waals surface area contributed by atoms with Crippen molar-refractivity contribution in [3.8, 4) is 6.07 Å². The van der Waals surface area contributed by atoms with Gasteiger partial charge in [0, 0.05) is 25.7 Å². The zero-order valence-corrected chi connectivity index (χ0v) is 14.3. The predicted molar refractivity (Wildman–Crippen MR) is 95.6 cm³/mol. The summed E-state index contributed by atoms with van der Waals surface area (Å²) in [5.74, 6) is -0.601. The molecule has 2 heterocycles. The molecular formula is C19H14FN5O2. The van der Waals surface area contributed by atoms with Crippen molar-refractivity contribution in [1.82, 2.24) is 14.8 Å². The van der Waals surface area contributed by atoms with Crippen LogP contribution in [-0.4, -0.2) is 20.7 Å². The lowest BCUT2D eigenvalue weighted by Crippen LogP contribution is -2.23. The first-order chi connectivity index (χ1) is 13.0. The summed E-state index contributed by atoms with van der Waals surface area (Å²) in [6.07, 6.45) is 1.78. The minimum absolute atomic E-state index is 0.0818. The molecule has 0 spiro atoms. The van der Waals surface area contributed by atoms with Crippen LogP contribution in [0.5, 0.6) is 0 Å². The van der Waals surface area contributed by atoms with Crippen LogP contribution in [0.25, 0.3) is 0 Å². The van der Waals surface area contributed by atoms with Gasteiger partial charge in [0.05, 0.1) is 11.6 Å². The van der Waals surface area contributed by atoms with Crippen molar-refractivity contribution in [2.45, 2.75) is 6.42 Å². The minimum atomic E-state index is -0.501. The van der Waals surface area contributed by atoms with Gasteiger partial charge < -0.3 is 5.32 Å². The molecule has 0 saturated carbocycles. The van der Waals surface area contributed by atoms with Crippen molar-refractivity contribution >= 4 is 11.7 Å². The van der Waals surface area contributed by atoms with Crippen molar-refractivity contribution in [3.63, 3.8) is 0 Å². The van der Waals surface area contributed by atoms with Gasteiger partial charge in [-0.2, -0.15) is 10.4 Å². The molecule has 0 aliphatic carbocycles. The number of carbonyl (C=O) groups excluding carboxylic acids is 1. The largest absolute Gasteiger partial charge is 0.305 e. The zero-order valence-electron chi connectivity index (χ0n) is 14.3. The van der Waals surface area contributed by atoms with Crippen molar-refractivity contribution in [1.29, 1.82) is 5.26 Å². The first-order valence-corrected chi connectivity index (χ1v) is 7.95. The minimum Gasteiger partial charge on any atom is -0.305 e. The summed E-state index contributed by atoms with van der Waals surface area (Å²) in [7, 11) is 1.45. The molecule has 8 heteroatoms. The van der Waals surface area contributed by atoms with Gasteiger partial charge in [0.15, 0.2) is 0 Å². The average molecular weight is 363 g/mol. The molecule has 0 aliphatic heterocycles. The Bertz CT molecular complexity index is 1100. The van der Waals surface area contributed by atoms with E-state index >= 15 is 0 Å². The summed E-state index contributed by atoms with van der Waals surface area (Å²) in [6.45, 7) is 0. The summed E-state index contributed by atoms with van der Waals surface area (Å²) in [4.78, 5) is 27.6. The topological polar surface area (TPSA) is 101 Å². The Morgan fingerprint density at radius 3 is 2.74 bits per heavy atom. The van der Waals surface area contributed by atoms with E-state index in [0.717, 1.165) is 10.2 Å².